The van der Waals surface area contributed by atoms with E-state index in [-0.39, 0.29) is 5.91 Å². The summed E-state index contributed by atoms with van der Waals surface area (Å²) in [6, 6.07) is 17.9. The van der Waals surface area contributed by atoms with Crippen molar-refractivity contribution < 1.29 is 4.79 Å². The van der Waals surface area contributed by atoms with Crippen LogP contribution in [0.3, 0.4) is 0 Å². The van der Waals surface area contributed by atoms with Gasteiger partial charge >= 0.3 is 0 Å². The Balaban J connectivity index is 1.48. The van der Waals surface area contributed by atoms with Gasteiger partial charge in [0.05, 0.1) is 5.56 Å². The van der Waals surface area contributed by atoms with Gasteiger partial charge in [-0.2, -0.15) is 0 Å². The van der Waals surface area contributed by atoms with Gasteiger partial charge in [0, 0.05) is 31.9 Å². The lowest BCUT2D eigenvalue weighted by Crippen LogP contribution is -2.41. The molecule has 25 heavy (non-hydrogen) atoms. The molecule has 1 saturated heterocycles. The Morgan fingerprint density at radius 3 is 2.40 bits per heavy atom. The van der Waals surface area contributed by atoms with Gasteiger partial charge in [0.2, 0.25) is 0 Å². The average molecular weight is 337 g/mol. The van der Waals surface area contributed by atoms with Crippen LogP contribution in [0.25, 0.3) is 0 Å². The molecule has 1 heterocycles. The van der Waals surface area contributed by atoms with Gasteiger partial charge in [-0.3, -0.25) is 4.79 Å². The van der Waals surface area contributed by atoms with Crippen molar-refractivity contribution in [1.29, 1.82) is 0 Å². The summed E-state index contributed by atoms with van der Waals surface area (Å²) in [5.74, 6) is 0.708. The molecule has 2 aromatic rings. The fourth-order valence-electron chi connectivity index (χ4n) is 3.58. The third-order valence-electron chi connectivity index (χ3n) is 4.96. The fraction of sp³-hybridized carbons (Fsp3) is 0.381. The molecular weight excluding hydrogens is 310 g/mol. The largest absolute Gasteiger partial charge is 0.398 e. The molecule has 0 saturated carbocycles. The molecule has 0 aromatic heterocycles. The maximum atomic E-state index is 12.6. The minimum Gasteiger partial charge on any atom is -0.398 e. The van der Waals surface area contributed by atoms with E-state index in [0.717, 1.165) is 39.0 Å². The molecular formula is C21H27N3O. The van der Waals surface area contributed by atoms with Gasteiger partial charge in [0.15, 0.2) is 0 Å². The first-order valence-electron chi connectivity index (χ1n) is 8.99. The van der Waals surface area contributed by atoms with Gasteiger partial charge in [-0.1, -0.05) is 42.5 Å². The second kappa shape index (κ2) is 8.17. The average Bonchev–Trinajstić information content (AvgIpc) is 2.63. The van der Waals surface area contributed by atoms with Gasteiger partial charge < -0.3 is 15.5 Å². The number of hydrogen-bond donors (Lipinski definition) is 1. The number of benzene rings is 2. The number of anilines is 1. The zero-order chi connectivity index (χ0) is 17.6. The number of likely N-dealkylation sites (tertiary alicyclic amines) is 1. The van der Waals surface area contributed by atoms with Crippen molar-refractivity contribution in [2.24, 2.45) is 5.92 Å². The Kier molecular flexibility index (Phi) is 5.71. The summed E-state index contributed by atoms with van der Waals surface area (Å²) in [4.78, 5) is 17.0. The molecule has 0 unspecified atom stereocenters. The Morgan fingerprint density at radius 1 is 1.08 bits per heavy atom. The third kappa shape index (κ3) is 4.60. The first-order valence-corrected chi connectivity index (χ1v) is 8.99. The van der Waals surface area contributed by atoms with Crippen molar-refractivity contribution in [3.8, 4) is 0 Å². The number of nitrogens with two attached hydrogens (primary N) is 1. The molecule has 0 spiro atoms. The molecule has 3 rings (SSSR count). The minimum atomic E-state index is 0.0641. The van der Waals surface area contributed by atoms with Crippen LogP contribution in [0.1, 0.15) is 28.8 Å². The molecule has 0 atom stereocenters. The second-order valence-corrected chi connectivity index (χ2v) is 7.01. The normalized spacial score (nSPS) is 15.5. The molecule has 0 radical (unpaired) electrons. The van der Waals surface area contributed by atoms with Crippen LogP contribution in [0.2, 0.25) is 0 Å². The quantitative estimate of drug-likeness (QED) is 0.852. The monoisotopic (exact) mass is 337 g/mol. The summed E-state index contributed by atoms with van der Waals surface area (Å²) in [6.07, 6.45) is 2.11. The van der Waals surface area contributed by atoms with E-state index in [9.17, 15) is 4.79 Å². The second-order valence-electron chi connectivity index (χ2n) is 7.01. The molecule has 132 valence electrons. The van der Waals surface area contributed by atoms with E-state index in [1.54, 1.807) is 6.07 Å². The van der Waals surface area contributed by atoms with Crippen molar-refractivity contribution in [1.82, 2.24) is 9.80 Å². The fourth-order valence-corrected chi connectivity index (χ4v) is 3.58. The molecule has 2 aromatic carbocycles. The summed E-state index contributed by atoms with van der Waals surface area (Å²) in [7, 11) is 2.18. The number of amides is 1. The Bertz CT molecular complexity index is 693. The van der Waals surface area contributed by atoms with E-state index in [4.69, 9.17) is 5.73 Å². The number of para-hydroxylation sites is 1. The lowest BCUT2D eigenvalue weighted by Gasteiger charge is -2.34. The number of piperidine rings is 1. The van der Waals surface area contributed by atoms with E-state index in [2.05, 4.69) is 42.3 Å². The van der Waals surface area contributed by atoms with Crippen LogP contribution in [0.4, 0.5) is 5.69 Å². The molecule has 1 aliphatic rings. The first kappa shape index (κ1) is 17.5. The number of nitrogens with zero attached hydrogens (tertiary/aromatic N) is 2. The van der Waals surface area contributed by atoms with Crippen molar-refractivity contribution >= 4 is 11.6 Å². The van der Waals surface area contributed by atoms with E-state index < -0.39 is 0 Å². The zero-order valence-corrected chi connectivity index (χ0v) is 14.9. The Hall–Kier alpha value is -2.33. The smallest absolute Gasteiger partial charge is 0.255 e. The topological polar surface area (TPSA) is 49.6 Å². The predicted octanol–water partition coefficient (Wildman–Crippen LogP) is 3.25. The molecule has 0 aliphatic carbocycles. The van der Waals surface area contributed by atoms with Gasteiger partial charge in [0.25, 0.3) is 5.91 Å². The summed E-state index contributed by atoms with van der Waals surface area (Å²) in [6.45, 7) is 3.68. The first-order chi connectivity index (χ1) is 12.1. The molecule has 4 nitrogen and oxygen atoms in total. The summed E-state index contributed by atoms with van der Waals surface area (Å²) >= 11 is 0. The van der Waals surface area contributed by atoms with Crippen LogP contribution in [0.15, 0.2) is 54.6 Å². The van der Waals surface area contributed by atoms with Crippen LogP contribution in [0.5, 0.6) is 0 Å². The third-order valence-corrected chi connectivity index (χ3v) is 4.96. The van der Waals surface area contributed by atoms with Gasteiger partial charge in [0.1, 0.15) is 0 Å². The Labute approximate surface area is 150 Å². The van der Waals surface area contributed by atoms with E-state index >= 15 is 0 Å². The lowest BCUT2D eigenvalue weighted by atomic mass is 9.95. The number of nitrogen functional groups attached to an aromatic ring is 1. The van der Waals surface area contributed by atoms with Crippen molar-refractivity contribution in [3.63, 3.8) is 0 Å². The van der Waals surface area contributed by atoms with E-state index in [1.807, 2.05) is 23.1 Å². The Morgan fingerprint density at radius 2 is 1.72 bits per heavy atom. The summed E-state index contributed by atoms with van der Waals surface area (Å²) in [5.41, 5.74) is 8.48. The van der Waals surface area contributed by atoms with E-state index in [0.29, 0.717) is 17.2 Å². The lowest BCUT2D eigenvalue weighted by molar-refractivity contribution is 0.0673. The molecule has 1 fully saturated rings. The van der Waals surface area contributed by atoms with Crippen LogP contribution < -0.4 is 5.73 Å². The predicted molar refractivity (Wildman–Crippen MR) is 102 cm³/mol. The zero-order valence-electron chi connectivity index (χ0n) is 14.9. The SMILES string of the molecule is CN(Cc1ccccc1)CC1CCN(C(=O)c2ccccc2N)CC1. The highest BCUT2D eigenvalue weighted by molar-refractivity contribution is 5.99. The van der Waals surface area contributed by atoms with Crippen LogP contribution in [-0.4, -0.2) is 42.4 Å². The van der Waals surface area contributed by atoms with Crippen molar-refractivity contribution in [2.75, 3.05) is 32.4 Å². The van der Waals surface area contributed by atoms with Crippen LogP contribution in [0, 0.1) is 5.92 Å². The van der Waals surface area contributed by atoms with Gasteiger partial charge in [-0.15, -0.1) is 0 Å². The molecule has 1 aliphatic heterocycles. The van der Waals surface area contributed by atoms with Gasteiger partial charge in [-0.25, -0.2) is 0 Å². The van der Waals surface area contributed by atoms with Gasteiger partial charge in [-0.05, 0) is 43.5 Å². The highest BCUT2D eigenvalue weighted by atomic mass is 16.2. The maximum Gasteiger partial charge on any atom is 0.255 e. The summed E-state index contributed by atoms with van der Waals surface area (Å²) < 4.78 is 0. The molecule has 0 bridgehead atoms. The standard InChI is InChI=1S/C21H27N3O/c1-23(15-17-7-3-2-4-8-17)16-18-11-13-24(14-12-18)21(25)19-9-5-6-10-20(19)22/h2-10,18H,11-16,22H2,1H3. The number of carbonyl (C=O) groups excluding carboxylic acids is 1. The number of hydrogen-bond acceptors (Lipinski definition) is 3. The molecule has 2 N–H and O–H groups in total. The number of rotatable bonds is 5. The molecule has 1 amide bonds. The molecule has 4 heteroatoms. The highest BCUT2D eigenvalue weighted by Gasteiger charge is 2.25. The van der Waals surface area contributed by atoms with E-state index in [1.165, 1.54) is 5.56 Å². The van der Waals surface area contributed by atoms with Crippen LogP contribution in [-0.2, 0) is 6.54 Å². The number of carbonyl (C=O) groups is 1. The highest BCUT2D eigenvalue weighted by Crippen LogP contribution is 2.22. The minimum absolute atomic E-state index is 0.0641. The summed E-state index contributed by atoms with van der Waals surface area (Å²) in [5, 5.41) is 0. The van der Waals surface area contributed by atoms with Crippen LogP contribution >= 0.6 is 0 Å². The van der Waals surface area contributed by atoms with Crippen molar-refractivity contribution in [3.05, 3.63) is 65.7 Å². The maximum absolute atomic E-state index is 12.6. The van der Waals surface area contributed by atoms with Crippen molar-refractivity contribution in [2.45, 2.75) is 19.4 Å².